The molecule has 3 heteroatoms. The molecule has 1 aliphatic heterocycles. The predicted octanol–water partition coefficient (Wildman–Crippen LogP) is 2.01. The highest BCUT2D eigenvalue weighted by Gasteiger charge is 2.35. The van der Waals surface area contributed by atoms with Gasteiger partial charge in [0.15, 0.2) is 0 Å². The SMILES string of the molecule is CCC(CC)C1CCN(C(=O)C(C)(C)N)C1. The Hall–Kier alpha value is -0.570. The Labute approximate surface area is 99.4 Å². The molecule has 3 nitrogen and oxygen atoms in total. The Bertz CT molecular complexity index is 241. The van der Waals surface area contributed by atoms with Crippen molar-refractivity contribution in [2.75, 3.05) is 13.1 Å². The lowest BCUT2D eigenvalue weighted by molar-refractivity contribution is -0.134. The second-order valence-corrected chi connectivity index (χ2v) is 5.60. The van der Waals surface area contributed by atoms with Gasteiger partial charge < -0.3 is 10.6 Å². The van der Waals surface area contributed by atoms with Crippen LogP contribution in [-0.4, -0.2) is 29.4 Å². The van der Waals surface area contributed by atoms with Gasteiger partial charge >= 0.3 is 0 Å². The largest absolute Gasteiger partial charge is 0.341 e. The Kier molecular flexibility index (Phi) is 4.36. The van der Waals surface area contributed by atoms with E-state index >= 15 is 0 Å². The van der Waals surface area contributed by atoms with E-state index in [1.807, 2.05) is 4.90 Å². The summed E-state index contributed by atoms with van der Waals surface area (Å²) in [5, 5.41) is 0. The maximum atomic E-state index is 12.0. The number of likely N-dealkylation sites (tertiary alicyclic amines) is 1. The molecule has 0 aromatic heterocycles. The monoisotopic (exact) mass is 226 g/mol. The Morgan fingerprint density at radius 3 is 2.44 bits per heavy atom. The molecule has 0 aromatic rings. The summed E-state index contributed by atoms with van der Waals surface area (Å²) in [6.45, 7) is 9.86. The van der Waals surface area contributed by atoms with Crippen molar-refractivity contribution in [2.24, 2.45) is 17.6 Å². The topological polar surface area (TPSA) is 46.3 Å². The summed E-state index contributed by atoms with van der Waals surface area (Å²) in [6, 6.07) is 0. The van der Waals surface area contributed by atoms with Gasteiger partial charge in [0.25, 0.3) is 0 Å². The van der Waals surface area contributed by atoms with Gasteiger partial charge in [-0.2, -0.15) is 0 Å². The van der Waals surface area contributed by atoms with E-state index in [1.165, 1.54) is 12.8 Å². The predicted molar refractivity (Wildman–Crippen MR) is 67.0 cm³/mol. The van der Waals surface area contributed by atoms with Crippen LogP contribution in [0.4, 0.5) is 0 Å². The number of nitrogens with two attached hydrogens (primary N) is 1. The van der Waals surface area contributed by atoms with Crippen molar-refractivity contribution in [3.63, 3.8) is 0 Å². The van der Waals surface area contributed by atoms with Crippen molar-refractivity contribution in [2.45, 2.75) is 52.5 Å². The first-order valence-electron chi connectivity index (χ1n) is 6.48. The lowest BCUT2D eigenvalue weighted by Gasteiger charge is -2.26. The molecule has 1 amide bonds. The van der Waals surface area contributed by atoms with E-state index < -0.39 is 5.54 Å². The molecule has 16 heavy (non-hydrogen) atoms. The second kappa shape index (κ2) is 5.17. The van der Waals surface area contributed by atoms with Crippen LogP contribution in [0.15, 0.2) is 0 Å². The van der Waals surface area contributed by atoms with Crippen LogP contribution in [0.1, 0.15) is 47.0 Å². The smallest absolute Gasteiger partial charge is 0.242 e. The molecule has 0 spiro atoms. The molecule has 0 aromatic carbocycles. The van der Waals surface area contributed by atoms with E-state index in [4.69, 9.17) is 5.73 Å². The molecule has 1 saturated heterocycles. The van der Waals surface area contributed by atoms with E-state index in [2.05, 4.69) is 13.8 Å². The van der Waals surface area contributed by atoms with Gasteiger partial charge in [0, 0.05) is 13.1 Å². The van der Waals surface area contributed by atoms with Gasteiger partial charge in [-0.05, 0) is 32.1 Å². The van der Waals surface area contributed by atoms with E-state index in [1.54, 1.807) is 13.8 Å². The number of carbonyl (C=O) groups excluding carboxylic acids is 1. The van der Waals surface area contributed by atoms with Gasteiger partial charge in [0.2, 0.25) is 5.91 Å². The molecule has 0 saturated carbocycles. The quantitative estimate of drug-likeness (QED) is 0.797. The highest BCUT2D eigenvalue weighted by Crippen LogP contribution is 2.29. The number of amides is 1. The molecule has 1 heterocycles. The fraction of sp³-hybridized carbons (Fsp3) is 0.923. The molecule has 1 rings (SSSR count). The van der Waals surface area contributed by atoms with Crippen LogP contribution in [0.2, 0.25) is 0 Å². The molecular weight excluding hydrogens is 200 g/mol. The van der Waals surface area contributed by atoms with E-state index in [0.717, 1.165) is 25.4 Å². The van der Waals surface area contributed by atoms with Crippen molar-refractivity contribution in [3.8, 4) is 0 Å². The average molecular weight is 226 g/mol. The van der Waals surface area contributed by atoms with Crippen LogP contribution < -0.4 is 5.73 Å². The van der Waals surface area contributed by atoms with Gasteiger partial charge in [0.05, 0.1) is 5.54 Å². The minimum atomic E-state index is -0.719. The zero-order chi connectivity index (χ0) is 12.3. The standard InChI is InChI=1S/C13H26N2O/c1-5-10(6-2)11-7-8-15(9-11)12(16)13(3,4)14/h10-11H,5-9,14H2,1-4H3. The van der Waals surface area contributed by atoms with Gasteiger partial charge in [-0.1, -0.05) is 26.7 Å². The van der Waals surface area contributed by atoms with Crippen LogP contribution in [-0.2, 0) is 4.79 Å². The van der Waals surface area contributed by atoms with Crippen molar-refractivity contribution < 1.29 is 4.79 Å². The molecule has 0 aliphatic carbocycles. The lowest BCUT2D eigenvalue weighted by atomic mass is 9.87. The minimum absolute atomic E-state index is 0.0981. The first-order chi connectivity index (χ1) is 7.40. The maximum absolute atomic E-state index is 12.0. The highest BCUT2D eigenvalue weighted by atomic mass is 16.2. The van der Waals surface area contributed by atoms with Gasteiger partial charge in [-0.3, -0.25) is 4.79 Å². The summed E-state index contributed by atoms with van der Waals surface area (Å²) >= 11 is 0. The minimum Gasteiger partial charge on any atom is -0.341 e. The summed E-state index contributed by atoms with van der Waals surface area (Å²) in [5.74, 6) is 1.54. The maximum Gasteiger partial charge on any atom is 0.242 e. The molecule has 1 unspecified atom stereocenters. The molecule has 0 radical (unpaired) electrons. The molecular formula is C13H26N2O. The summed E-state index contributed by atoms with van der Waals surface area (Å²) in [7, 11) is 0. The summed E-state index contributed by atoms with van der Waals surface area (Å²) < 4.78 is 0. The van der Waals surface area contributed by atoms with Crippen LogP contribution in [0.25, 0.3) is 0 Å². The molecule has 0 bridgehead atoms. The van der Waals surface area contributed by atoms with Gasteiger partial charge in [-0.15, -0.1) is 0 Å². The van der Waals surface area contributed by atoms with Crippen LogP contribution in [0.5, 0.6) is 0 Å². The number of hydrogen-bond donors (Lipinski definition) is 1. The first kappa shape index (κ1) is 13.5. The molecule has 1 aliphatic rings. The van der Waals surface area contributed by atoms with Crippen LogP contribution in [0.3, 0.4) is 0 Å². The van der Waals surface area contributed by atoms with Gasteiger partial charge in [-0.25, -0.2) is 0 Å². The average Bonchev–Trinajstić information content (AvgIpc) is 2.66. The zero-order valence-electron chi connectivity index (χ0n) is 11.1. The van der Waals surface area contributed by atoms with Crippen LogP contribution >= 0.6 is 0 Å². The van der Waals surface area contributed by atoms with Crippen LogP contribution in [0, 0.1) is 11.8 Å². The zero-order valence-corrected chi connectivity index (χ0v) is 11.1. The van der Waals surface area contributed by atoms with E-state index in [9.17, 15) is 4.79 Å². The van der Waals surface area contributed by atoms with Crippen molar-refractivity contribution >= 4 is 5.91 Å². The van der Waals surface area contributed by atoms with Gasteiger partial charge in [0.1, 0.15) is 0 Å². The third kappa shape index (κ3) is 2.97. The summed E-state index contributed by atoms with van der Waals surface area (Å²) in [4.78, 5) is 14.0. The molecule has 94 valence electrons. The third-order valence-corrected chi connectivity index (χ3v) is 3.78. The summed E-state index contributed by atoms with van der Waals surface area (Å²) in [5.41, 5.74) is 5.13. The Morgan fingerprint density at radius 2 is 2.00 bits per heavy atom. The Morgan fingerprint density at radius 1 is 1.44 bits per heavy atom. The fourth-order valence-electron chi connectivity index (χ4n) is 2.72. The highest BCUT2D eigenvalue weighted by molar-refractivity contribution is 5.85. The van der Waals surface area contributed by atoms with E-state index in [0.29, 0.717) is 5.92 Å². The van der Waals surface area contributed by atoms with Crippen molar-refractivity contribution in [3.05, 3.63) is 0 Å². The summed E-state index contributed by atoms with van der Waals surface area (Å²) in [6.07, 6.45) is 3.58. The second-order valence-electron chi connectivity index (χ2n) is 5.60. The number of carbonyl (C=O) groups is 1. The fourth-order valence-corrected chi connectivity index (χ4v) is 2.72. The third-order valence-electron chi connectivity index (χ3n) is 3.78. The number of rotatable bonds is 4. The van der Waals surface area contributed by atoms with Crippen molar-refractivity contribution in [1.29, 1.82) is 0 Å². The molecule has 1 fully saturated rings. The molecule has 2 N–H and O–H groups in total. The molecule has 1 atom stereocenters. The van der Waals surface area contributed by atoms with Crippen molar-refractivity contribution in [1.82, 2.24) is 4.90 Å². The lowest BCUT2D eigenvalue weighted by Crippen LogP contribution is -2.50. The normalized spacial score (nSPS) is 21.9. The Balaban J connectivity index is 2.56. The van der Waals surface area contributed by atoms with E-state index in [-0.39, 0.29) is 5.91 Å². The first-order valence-corrected chi connectivity index (χ1v) is 6.48. The number of hydrogen-bond acceptors (Lipinski definition) is 2. The number of nitrogens with zero attached hydrogens (tertiary/aromatic N) is 1.